The summed E-state index contributed by atoms with van der Waals surface area (Å²) < 4.78 is 1.86. The van der Waals surface area contributed by atoms with E-state index in [1.54, 1.807) is 0 Å². The van der Waals surface area contributed by atoms with Gasteiger partial charge in [-0.25, -0.2) is 4.98 Å². The lowest BCUT2D eigenvalue weighted by atomic mass is 10.1. The molecule has 3 aromatic rings. The average molecular weight is 411 g/mol. The Morgan fingerprint density at radius 1 is 1.13 bits per heavy atom. The summed E-state index contributed by atoms with van der Waals surface area (Å²) in [4.78, 5) is 4.82. The summed E-state index contributed by atoms with van der Waals surface area (Å²) in [7, 11) is 0. The van der Waals surface area contributed by atoms with Crippen LogP contribution in [0.3, 0.4) is 0 Å². The predicted molar refractivity (Wildman–Crippen MR) is 123 cm³/mol. The van der Waals surface area contributed by atoms with Crippen LogP contribution in [0, 0.1) is 0 Å². The highest BCUT2D eigenvalue weighted by Crippen LogP contribution is 2.25. The fraction of sp³-hybridized carbons (Fsp3) is 0.478. The van der Waals surface area contributed by atoms with Crippen LogP contribution in [0.15, 0.2) is 42.6 Å². The van der Waals surface area contributed by atoms with Crippen molar-refractivity contribution in [3.8, 4) is 0 Å². The molecule has 5 N–H and O–H groups in total. The second kappa shape index (κ2) is 10.9. The van der Waals surface area contributed by atoms with E-state index in [0.29, 0.717) is 19.0 Å². The van der Waals surface area contributed by atoms with Gasteiger partial charge in [-0.3, -0.25) is 0 Å². The summed E-state index contributed by atoms with van der Waals surface area (Å²) >= 11 is 0. The molecule has 0 amide bonds. The third-order valence-corrected chi connectivity index (χ3v) is 5.27. The van der Waals surface area contributed by atoms with Gasteiger partial charge in [-0.05, 0) is 30.9 Å². The highest BCUT2D eigenvalue weighted by molar-refractivity contribution is 5.61. The van der Waals surface area contributed by atoms with Crippen LogP contribution in [0.5, 0.6) is 0 Å². The van der Waals surface area contributed by atoms with Gasteiger partial charge >= 0.3 is 0 Å². The van der Waals surface area contributed by atoms with Gasteiger partial charge in [0.1, 0.15) is 11.6 Å². The van der Waals surface area contributed by atoms with E-state index in [2.05, 4.69) is 41.7 Å². The molecule has 2 heterocycles. The molecule has 7 heteroatoms. The van der Waals surface area contributed by atoms with Crippen LogP contribution in [-0.2, 0) is 6.54 Å². The molecule has 0 bridgehead atoms. The summed E-state index contributed by atoms with van der Waals surface area (Å²) in [6, 6.07) is 12.2. The van der Waals surface area contributed by atoms with Crippen molar-refractivity contribution in [2.24, 2.45) is 5.73 Å². The number of unbranched alkanes of at least 4 members (excludes halogenated alkanes) is 2. The van der Waals surface area contributed by atoms with Crippen LogP contribution in [0.2, 0.25) is 0 Å². The molecule has 162 valence electrons. The summed E-state index contributed by atoms with van der Waals surface area (Å²) in [5.41, 5.74) is 8.72. The first kappa shape index (κ1) is 22.1. The minimum Gasteiger partial charge on any atom is -0.394 e. The lowest BCUT2D eigenvalue weighted by Crippen LogP contribution is -2.24. The van der Waals surface area contributed by atoms with Crippen LogP contribution in [0.4, 0.5) is 11.6 Å². The van der Waals surface area contributed by atoms with Gasteiger partial charge in [-0.2, -0.15) is 9.61 Å². The van der Waals surface area contributed by atoms with E-state index in [0.717, 1.165) is 48.5 Å². The Labute approximate surface area is 178 Å². The third kappa shape index (κ3) is 5.70. The number of fused-ring (bicyclic) bond motifs is 1. The highest BCUT2D eigenvalue weighted by Gasteiger charge is 2.16. The van der Waals surface area contributed by atoms with Crippen molar-refractivity contribution in [1.29, 1.82) is 0 Å². The number of aliphatic hydroxyl groups is 1. The van der Waals surface area contributed by atoms with Crippen molar-refractivity contribution in [3.63, 3.8) is 0 Å². The molecule has 0 aliphatic rings. The lowest BCUT2D eigenvalue weighted by Gasteiger charge is -2.18. The Morgan fingerprint density at radius 3 is 2.63 bits per heavy atom. The van der Waals surface area contributed by atoms with Crippen LogP contribution in [0.1, 0.15) is 56.6 Å². The van der Waals surface area contributed by atoms with Gasteiger partial charge in [0.2, 0.25) is 0 Å². The highest BCUT2D eigenvalue weighted by atomic mass is 16.3. The van der Waals surface area contributed by atoms with Gasteiger partial charge < -0.3 is 21.5 Å². The first-order valence-corrected chi connectivity index (χ1v) is 10.9. The maximum Gasteiger partial charge on any atom is 0.163 e. The van der Waals surface area contributed by atoms with Crippen LogP contribution < -0.4 is 16.4 Å². The minimum atomic E-state index is -0.0369. The lowest BCUT2D eigenvalue weighted by molar-refractivity contribution is 0.266. The first-order valence-electron chi connectivity index (χ1n) is 10.9. The van der Waals surface area contributed by atoms with Crippen LogP contribution in [0.25, 0.3) is 5.65 Å². The van der Waals surface area contributed by atoms with E-state index < -0.39 is 0 Å². The molecule has 30 heavy (non-hydrogen) atoms. The van der Waals surface area contributed by atoms with Crippen molar-refractivity contribution in [3.05, 3.63) is 53.7 Å². The Kier molecular flexibility index (Phi) is 8.04. The third-order valence-electron chi connectivity index (χ3n) is 5.27. The normalized spacial score (nSPS) is 12.4. The number of hydrogen-bond acceptors (Lipinski definition) is 6. The predicted octanol–water partition coefficient (Wildman–Crippen LogP) is 3.76. The first-order chi connectivity index (χ1) is 14.6. The number of nitrogens with zero attached hydrogens (tertiary/aromatic N) is 3. The van der Waals surface area contributed by atoms with Crippen LogP contribution in [-0.4, -0.2) is 38.9 Å². The molecule has 2 aromatic heterocycles. The molecule has 7 nitrogen and oxygen atoms in total. The molecule has 0 aliphatic carbocycles. The summed E-state index contributed by atoms with van der Waals surface area (Å²) in [6.45, 7) is 5.76. The van der Waals surface area contributed by atoms with Gasteiger partial charge in [-0.15, -0.1) is 0 Å². The molecule has 0 saturated heterocycles. The quantitative estimate of drug-likeness (QED) is 0.339. The van der Waals surface area contributed by atoms with Gasteiger partial charge in [0, 0.05) is 18.2 Å². The van der Waals surface area contributed by atoms with Crippen molar-refractivity contribution >= 4 is 17.3 Å². The molecule has 0 saturated carbocycles. The van der Waals surface area contributed by atoms with Crippen LogP contribution >= 0.6 is 0 Å². The molecule has 1 atom stereocenters. The Hall–Kier alpha value is -2.64. The topological polar surface area (TPSA) is 100 Å². The minimum absolute atomic E-state index is 0.0369. The zero-order chi connectivity index (χ0) is 21.3. The maximum atomic E-state index is 9.83. The molecule has 0 aliphatic heterocycles. The Morgan fingerprint density at radius 2 is 1.93 bits per heavy atom. The van der Waals surface area contributed by atoms with E-state index in [1.807, 2.05) is 35.0 Å². The molecule has 0 fully saturated rings. The smallest absolute Gasteiger partial charge is 0.163 e. The molecule has 0 unspecified atom stereocenters. The van der Waals surface area contributed by atoms with Gasteiger partial charge in [-0.1, -0.05) is 57.0 Å². The SMILES string of the molecule is CC(C)c1cnn2c(NCc3ccccc3)cc(N[C@@H](CO)CCCCCN)nc12. The van der Waals surface area contributed by atoms with Gasteiger partial charge in [0.15, 0.2) is 5.65 Å². The zero-order valence-corrected chi connectivity index (χ0v) is 18.0. The van der Waals surface area contributed by atoms with Gasteiger partial charge in [0.05, 0.1) is 18.8 Å². The van der Waals surface area contributed by atoms with Gasteiger partial charge in [0.25, 0.3) is 0 Å². The van der Waals surface area contributed by atoms with Crippen molar-refractivity contribution in [2.75, 3.05) is 23.8 Å². The number of hydrogen-bond donors (Lipinski definition) is 4. The summed E-state index contributed by atoms with van der Waals surface area (Å²) in [5, 5.41) is 21.3. The van der Waals surface area contributed by atoms with E-state index in [4.69, 9.17) is 10.7 Å². The monoisotopic (exact) mass is 410 g/mol. The molecule has 3 rings (SSSR count). The molecule has 0 spiro atoms. The number of nitrogens with two attached hydrogens (primary N) is 1. The molecular formula is C23H34N6O. The number of aliphatic hydroxyl groups excluding tert-OH is 1. The fourth-order valence-electron chi connectivity index (χ4n) is 3.51. The fourth-order valence-corrected chi connectivity index (χ4v) is 3.51. The van der Waals surface area contributed by atoms with E-state index in [9.17, 15) is 5.11 Å². The largest absolute Gasteiger partial charge is 0.394 e. The standard InChI is InChI=1S/C23H34N6O/c1-17(2)20-15-26-29-22(25-14-18-9-5-3-6-10-18)13-21(28-23(20)29)27-19(16-30)11-7-4-8-12-24/h3,5-6,9-10,13,15,17,19,25,30H,4,7-8,11-12,14,16,24H2,1-2H3,(H,27,28)/t19-/m1/s1. The van der Waals surface area contributed by atoms with Crippen molar-refractivity contribution in [1.82, 2.24) is 14.6 Å². The van der Waals surface area contributed by atoms with E-state index >= 15 is 0 Å². The van der Waals surface area contributed by atoms with Crippen molar-refractivity contribution in [2.45, 2.75) is 58.0 Å². The second-order valence-electron chi connectivity index (χ2n) is 8.02. The zero-order valence-electron chi connectivity index (χ0n) is 18.0. The number of aromatic nitrogens is 3. The number of rotatable bonds is 12. The number of anilines is 2. The number of nitrogens with one attached hydrogen (secondary N) is 2. The van der Waals surface area contributed by atoms with E-state index in [-0.39, 0.29) is 12.6 Å². The maximum absolute atomic E-state index is 9.83. The van der Waals surface area contributed by atoms with Crippen molar-refractivity contribution < 1.29 is 5.11 Å². The number of benzene rings is 1. The Bertz CT molecular complexity index is 909. The Balaban J connectivity index is 1.83. The average Bonchev–Trinajstić information content (AvgIpc) is 3.19. The molecular weight excluding hydrogens is 376 g/mol. The summed E-state index contributed by atoms with van der Waals surface area (Å²) in [5.74, 6) is 1.94. The second-order valence-corrected chi connectivity index (χ2v) is 8.02. The van der Waals surface area contributed by atoms with E-state index in [1.165, 1.54) is 5.56 Å². The summed E-state index contributed by atoms with van der Waals surface area (Å²) in [6.07, 6.45) is 5.89. The molecule has 1 aromatic carbocycles. The molecule has 0 radical (unpaired) electrons.